The molecule has 5 nitrogen and oxygen atoms in total. The number of aliphatic hydroxyl groups is 1. The van der Waals surface area contributed by atoms with Crippen molar-refractivity contribution in [3.05, 3.63) is 58.2 Å². The van der Waals surface area contributed by atoms with E-state index >= 15 is 0 Å². The van der Waals surface area contributed by atoms with Crippen molar-refractivity contribution < 1.29 is 14.6 Å². The second kappa shape index (κ2) is 8.27. The van der Waals surface area contributed by atoms with Crippen molar-refractivity contribution >= 4 is 22.5 Å². The Kier molecular flexibility index (Phi) is 5.72. The molecule has 0 amide bonds. The van der Waals surface area contributed by atoms with Crippen molar-refractivity contribution in [3.8, 4) is 11.5 Å². The summed E-state index contributed by atoms with van der Waals surface area (Å²) >= 11 is 6.31. The Morgan fingerprint density at radius 1 is 1.03 bits per heavy atom. The molecule has 0 bridgehead atoms. The Labute approximate surface area is 176 Å². The summed E-state index contributed by atoms with van der Waals surface area (Å²) in [5.74, 6) is 1.27. The minimum atomic E-state index is -0.661. The Bertz CT molecular complexity index is 1030. The molecule has 1 atom stereocenters. The van der Waals surface area contributed by atoms with Gasteiger partial charge in [-0.1, -0.05) is 17.7 Å². The van der Waals surface area contributed by atoms with Crippen LogP contribution in [-0.2, 0) is 19.4 Å². The minimum absolute atomic E-state index is 0.479. The first kappa shape index (κ1) is 20.1. The van der Waals surface area contributed by atoms with Gasteiger partial charge in [-0.15, -0.1) is 0 Å². The quantitative estimate of drug-likeness (QED) is 0.683. The molecule has 29 heavy (non-hydrogen) atoms. The topological polar surface area (TPSA) is 46.9 Å². The van der Waals surface area contributed by atoms with Crippen molar-refractivity contribution in [1.82, 2.24) is 9.47 Å². The van der Waals surface area contributed by atoms with E-state index in [-0.39, 0.29) is 0 Å². The fourth-order valence-corrected chi connectivity index (χ4v) is 4.44. The summed E-state index contributed by atoms with van der Waals surface area (Å²) in [6, 6.07) is 11.6. The molecule has 0 saturated carbocycles. The van der Waals surface area contributed by atoms with Crippen LogP contribution in [0, 0.1) is 0 Å². The number of benzene rings is 2. The normalized spacial score (nSPS) is 15.8. The van der Waals surface area contributed by atoms with Gasteiger partial charge in [0.1, 0.15) is 0 Å². The average molecular weight is 415 g/mol. The molecule has 0 spiro atoms. The highest BCUT2D eigenvalue weighted by Crippen LogP contribution is 2.34. The molecule has 1 unspecified atom stereocenters. The number of aliphatic hydroxyl groups excluding tert-OH is 1. The summed E-state index contributed by atoms with van der Waals surface area (Å²) in [5.41, 5.74) is 4.58. The molecule has 3 aromatic rings. The number of nitrogens with zero attached hydrogens (tertiary/aromatic N) is 2. The molecule has 1 aliphatic rings. The van der Waals surface area contributed by atoms with Crippen LogP contribution in [0.25, 0.3) is 10.9 Å². The van der Waals surface area contributed by atoms with E-state index in [1.54, 1.807) is 14.2 Å². The molecule has 2 aromatic carbocycles. The highest BCUT2D eigenvalue weighted by molar-refractivity contribution is 6.31. The van der Waals surface area contributed by atoms with Gasteiger partial charge in [-0.3, -0.25) is 0 Å². The van der Waals surface area contributed by atoms with Gasteiger partial charge in [-0.05, 0) is 54.9 Å². The lowest BCUT2D eigenvalue weighted by Gasteiger charge is -2.18. The van der Waals surface area contributed by atoms with Gasteiger partial charge in [-0.2, -0.15) is 0 Å². The van der Waals surface area contributed by atoms with Gasteiger partial charge in [0.25, 0.3) is 0 Å². The molecule has 2 heterocycles. The number of rotatable bonds is 5. The summed E-state index contributed by atoms with van der Waals surface area (Å²) in [6.45, 7) is 2.51. The fourth-order valence-electron chi connectivity index (χ4n) is 4.27. The second-order valence-corrected chi connectivity index (χ2v) is 8.07. The van der Waals surface area contributed by atoms with Crippen molar-refractivity contribution in [3.63, 3.8) is 0 Å². The standard InChI is InChI=1S/C23H27ClN2O3/c1-25-10-8-17-18-13-16(24)5-6-19(18)26(20(17)9-11-25)14-21(27)15-4-7-22(28-2)23(12-15)29-3/h4-7,12-13,21,27H,8-11,14H2,1-3H3. The van der Waals surface area contributed by atoms with Gasteiger partial charge in [0, 0.05) is 41.1 Å². The maximum Gasteiger partial charge on any atom is 0.161 e. The van der Waals surface area contributed by atoms with Crippen LogP contribution in [0.2, 0.25) is 5.02 Å². The number of aromatic nitrogens is 1. The lowest BCUT2D eigenvalue weighted by molar-refractivity contribution is 0.156. The highest BCUT2D eigenvalue weighted by Gasteiger charge is 2.23. The Morgan fingerprint density at radius 3 is 2.55 bits per heavy atom. The maximum atomic E-state index is 11.1. The lowest BCUT2D eigenvalue weighted by Crippen LogP contribution is -2.21. The largest absolute Gasteiger partial charge is 0.493 e. The third-order valence-electron chi connectivity index (χ3n) is 5.87. The van der Waals surface area contributed by atoms with Crippen LogP contribution in [0.3, 0.4) is 0 Å². The average Bonchev–Trinajstić information content (AvgIpc) is 2.86. The van der Waals surface area contributed by atoms with Crippen LogP contribution in [0.1, 0.15) is 22.9 Å². The molecule has 1 aromatic heterocycles. The number of likely N-dealkylation sites (N-methyl/N-ethyl adjacent to an activating group) is 1. The van der Waals surface area contributed by atoms with E-state index < -0.39 is 6.10 Å². The molecule has 4 rings (SSSR count). The molecular weight excluding hydrogens is 388 g/mol. The number of hydrogen-bond acceptors (Lipinski definition) is 4. The molecule has 1 N–H and O–H groups in total. The van der Waals surface area contributed by atoms with E-state index in [0.29, 0.717) is 18.0 Å². The number of halogens is 1. The molecular formula is C23H27ClN2O3. The summed E-state index contributed by atoms with van der Waals surface area (Å²) < 4.78 is 13.0. The third-order valence-corrected chi connectivity index (χ3v) is 6.11. The molecule has 6 heteroatoms. The van der Waals surface area contributed by atoms with Crippen LogP contribution in [0.5, 0.6) is 11.5 Å². The molecule has 0 fully saturated rings. The van der Waals surface area contributed by atoms with Gasteiger partial charge < -0.3 is 24.0 Å². The van der Waals surface area contributed by atoms with E-state index in [2.05, 4.69) is 28.6 Å². The lowest BCUT2D eigenvalue weighted by atomic mass is 10.1. The van der Waals surface area contributed by atoms with Crippen LogP contribution in [0.4, 0.5) is 0 Å². The first-order chi connectivity index (χ1) is 14.0. The van der Waals surface area contributed by atoms with E-state index in [1.807, 2.05) is 24.3 Å². The van der Waals surface area contributed by atoms with E-state index in [9.17, 15) is 5.11 Å². The number of ether oxygens (including phenoxy) is 2. The Hall–Kier alpha value is -2.21. The zero-order valence-corrected chi connectivity index (χ0v) is 17.9. The summed E-state index contributed by atoms with van der Waals surface area (Å²) in [6.07, 6.45) is 1.28. The smallest absolute Gasteiger partial charge is 0.161 e. The van der Waals surface area contributed by atoms with Crippen molar-refractivity contribution in [2.75, 3.05) is 34.4 Å². The minimum Gasteiger partial charge on any atom is -0.493 e. The first-order valence-corrected chi connectivity index (χ1v) is 10.3. The molecule has 154 valence electrons. The number of hydrogen-bond donors (Lipinski definition) is 1. The first-order valence-electron chi connectivity index (χ1n) is 9.90. The zero-order valence-electron chi connectivity index (χ0n) is 17.1. The van der Waals surface area contributed by atoms with E-state index in [1.165, 1.54) is 16.6 Å². The van der Waals surface area contributed by atoms with Crippen LogP contribution >= 0.6 is 11.6 Å². The Balaban J connectivity index is 1.74. The highest BCUT2D eigenvalue weighted by atomic mass is 35.5. The van der Waals surface area contributed by atoms with Crippen LogP contribution < -0.4 is 9.47 Å². The zero-order chi connectivity index (χ0) is 20.5. The predicted molar refractivity (Wildman–Crippen MR) is 116 cm³/mol. The van der Waals surface area contributed by atoms with E-state index in [0.717, 1.165) is 42.0 Å². The van der Waals surface area contributed by atoms with Crippen LogP contribution in [0.15, 0.2) is 36.4 Å². The summed E-state index contributed by atoms with van der Waals surface area (Å²) in [4.78, 5) is 2.35. The predicted octanol–water partition coefficient (Wildman–Crippen LogP) is 4.08. The Morgan fingerprint density at radius 2 is 1.79 bits per heavy atom. The maximum absolute atomic E-state index is 11.1. The summed E-state index contributed by atoms with van der Waals surface area (Å²) in [5, 5.41) is 13.0. The summed E-state index contributed by atoms with van der Waals surface area (Å²) in [7, 11) is 5.37. The number of methoxy groups -OCH3 is 2. The van der Waals surface area contributed by atoms with Crippen molar-refractivity contribution in [2.24, 2.45) is 0 Å². The monoisotopic (exact) mass is 414 g/mol. The molecule has 0 saturated heterocycles. The van der Waals surface area contributed by atoms with E-state index in [4.69, 9.17) is 21.1 Å². The molecule has 0 radical (unpaired) electrons. The van der Waals surface area contributed by atoms with Crippen LogP contribution in [-0.4, -0.2) is 48.9 Å². The molecule has 0 aliphatic carbocycles. The fraction of sp³-hybridized carbons (Fsp3) is 0.391. The third kappa shape index (κ3) is 3.82. The van der Waals surface area contributed by atoms with Gasteiger partial charge in [0.2, 0.25) is 0 Å². The number of fused-ring (bicyclic) bond motifs is 3. The van der Waals surface area contributed by atoms with Crippen molar-refractivity contribution in [1.29, 1.82) is 0 Å². The SMILES string of the molecule is COc1ccc(C(O)Cn2c3c(c4cc(Cl)ccc42)CCN(C)CC3)cc1OC. The van der Waals surface area contributed by atoms with Gasteiger partial charge in [-0.25, -0.2) is 0 Å². The van der Waals surface area contributed by atoms with Gasteiger partial charge in [0.15, 0.2) is 11.5 Å². The second-order valence-electron chi connectivity index (χ2n) is 7.63. The molecule has 1 aliphatic heterocycles. The van der Waals surface area contributed by atoms with Gasteiger partial charge >= 0.3 is 0 Å². The van der Waals surface area contributed by atoms with Gasteiger partial charge in [0.05, 0.1) is 26.9 Å². The van der Waals surface area contributed by atoms with Crippen molar-refractivity contribution in [2.45, 2.75) is 25.5 Å².